The predicted octanol–water partition coefficient (Wildman–Crippen LogP) is 1.73. The lowest BCUT2D eigenvalue weighted by molar-refractivity contribution is 0.960. The number of anilines is 1. The molecule has 0 bridgehead atoms. The van der Waals surface area contributed by atoms with Gasteiger partial charge in [-0.15, -0.1) is 10.2 Å². The van der Waals surface area contributed by atoms with E-state index >= 15 is 0 Å². The first kappa shape index (κ1) is 11.0. The smallest absolute Gasteiger partial charge is 0.147 e. The average molecular weight is 234 g/mol. The molecular formula is C11H14N4S. The molecule has 1 aromatic heterocycles. The Morgan fingerprint density at radius 2 is 2.12 bits per heavy atom. The minimum Gasteiger partial charge on any atom is -0.378 e. The first-order valence-corrected chi connectivity index (χ1v) is 5.82. The highest BCUT2D eigenvalue weighted by molar-refractivity contribution is 7.14. The third kappa shape index (κ3) is 2.20. The standard InChI is InChI=1S/C11H14N4S/c1-15(2)9-5-3-4-8(6-9)11-14-13-10(7-12)16-11/h3-6H,7,12H2,1-2H3. The Kier molecular flexibility index (Phi) is 3.17. The second-order valence-electron chi connectivity index (χ2n) is 3.65. The van der Waals surface area contributed by atoms with E-state index < -0.39 is 0 Å². The van der Waals surface area contributed by atoms with E-state index in [-0.39, 0.29) is 0 Å². The van der Waals surface area contributed by atoms with Crippen molar-refractivity contribution in [3.8, 4) is 10.6 Å². The number of rotatable bonds is 3. The molecule has 0 spiro atoms. The molecule has 0 saturated carbocycles. The molecule has 84 valence electrons. The Labute approximate surface area is 98.7 Å². The molecule has 2 N–H and O–H groups in total. The number of benzene rings is 1. The van der Waals surface area contributed by atoms with Crippen LogP contribution in [0.5, 0.6) is 0 Å². The normalized spacial score (nSPS) is 10.4. The van der Waals surface area contributed by atoms with Gasteiger partial charge in [0, 0.05) is 31.9 Å². The van der Waals surface area contributed by atoms with Gasteiger partial charge < -0.3 is 10.6 Å². The lowest BCUT2D eigenvalue weighted by atomic mass is 10.2. The molecule has 0 unspecified atom stereocenters. The average Bonchev–Trinajstić information content (AvgIpc) is 2.77. The van der Waals surface area contributed by atoms with E-state index in [1.165, 1.54) is 0 Å². The lowest BCUT2D eigenvalue weighted by Crippen LogP contribution is -2.08. The molecule has 0 amide bonds. The molecule has 0 aliphatic carbocycles. The summed E-state index contributed by atoms with van der Waals surface area (Å²) in [7, 11) is 4.04. The van der Waals surface area contributed by atoms with Gasteiger partial charge in [-0.1, -0.05) is 23.5 Å². The van der Waals surface area contributed by atoms with Crippen molar-refractivity contribution in [1.82, 2.24) is 10.2 Å². The lowest BCUT2D eigenvalue weighted by Gasteiger charge is -2.12. The fourth-order valence-corrected chi connectivity index (χ4v) is 2.08. The van der Waals surface area contributed by atoms with E-state index in [0.29, 0.717) is 6.54 Å². The van der Waals surface area contributed by atoms with Crippen LogP contribution in [0.15, 0.2) is 24.3 Å². The quantitative estimate of drug-likeness (QED) is 0.878. The van der Waals surface area contributed by atoms with Crippen molar-refractivity contribution >= 4 is 17.0 Å². The number of nitrogens with two attached hydrogens (primary N) is 1. The van der Waals surface area contributed by atoms with E-state index in [2.05, 4.69) is 27.2 Å². The van der Waals surface area contributed by atoms with Crippen LogP contribution >= 0.6 is 11.3 Å². The van der Waals surface area contributed by atoms with E-state index in [4.69, 9.17) is 5.73 Å². The molecule has 1 aromatic carbocycles. The van der Waals surface area contributed by atoms with Crippen molar-refractivity contribution in [3.63, 3.8) is 0 Å². The third-order valence-corrected chi connectivity index (χ3v) is 3.25. The number of nitrogens with zero attached hydrogens (tertiary/aromatic N) is 3. The van der Waals surface area contributed by atoms with Gasteiger partial charge in [0.1, 0.15) is 10.0 Å². The fourth-order valence-electron chi connectivity index (χ4n) is 1.37. The molecule has 4 nitrogen and oxygen atoms in total. The molecule has 0 saturated heterocycles. The van der Waals surface area contributed by atoms with Gasteiger partial charge in [0.25, 0.3) is 0 Å². The van der Waals surface area contributed by atoms with Crippen molar-refractivity contribution < 1.29 is 0 Å². The zero-order valence-corrected chi connectivity index (χ0v) is 10.2. The first-order valence-electron chi connectivity index (χ1n) is 5.01. The summed E-state index contributed by atoms with van der Waals surface area (Å²) >= 11 is 1.54. The molecule has 0 aliphatic heterocycles. The van der Waals surface area contributed by atoms with Crippen LogP contribution < -0.4 is 10.6 Å². The highest BCUT2D eigenvalue weighted by Crippen LogP contribution is 2.26. The molecule has 0 atom stereocenters. The highest BCUT2D eigenvalue weighted by atomic mass is 32.1. The van der Waals surface area contributed by atoms with Crippen molar-refractivity contribution in [2.24, 2.45) is 5.73 Å². The largest absolute Gasteiger partial charge is 0.378 e. The van der Waals surface area contributed by atoms with Crippen molar-refractivity contribution in [2.75, 3.05) is 19.0 Å². The Morgan fingerprint density at radius 3 is 2.75 bits per heavy atom. The number of hydrogen-bond donors (Lipinski definition) is 1. The zero-order valence-electron chi connectivity index (χ0n) is 9.34. The summed E-state index contributed by atoms with van der Waals surface area (Å²) < 4.78 is 0. The minimum atomic E-state index is 0.449. The summed E-state index contributed by atoms with van der Waals surface area (Å²) in [6.07, 6.45) is 0. The van der Waals surface area contributed by atoms with Crippen molar-refractivity contribution in [2.45, 2.75) is 6.54 Å². The van der Waals surface area contributed by atoms with Crippen LogP contribution in [-0.4, -0.2) is 24.3 Å². The van der Waals surface area contributed by atoms with Crippen LogP contribution in [0.1, 0.15) is 5.01 Å². The fraction of sp³-hybridized carbons (Fsp3) is 0.273. The molecule has 0 radical (unpaired) electrons. The molecule has 5 heteroatoms. The summed E-state index contributed by atoms with van der Waals surface area (Å²) in [5.74, 6) is 0. The SMILES string of the molecule is CN(C)c1cccc(-c2nnc(CN)s2)c1. The third-order valence-electron chi connectivity index (χ3n) is 2.25. The number of aromatic nitrogens is 2. The Hall–Kier alpha value is -1.46. The van der Waals surface area contributed by atoms with Crippen LogP contribution in [-0.2, 0) is 6.54 Å². The predicted molar refractivity (Wildman–Crippen MR) is 67.6 cm³/mol. The molecule has 16 heavy (non-hydrogen) atoms. The second-order valence-corrected chi connectivity index (χ2v) is 4.71. The van der Waals surface area contributed by atoms with E-state index in [9.17, 15) is 0 Å². The van der Waals surface area contributed by atoms with Gasteiger partial charge in [0.2, 0.25) is 0 Å². The zero-order chi connectivity index (χ0) is 11.5. The summed E-state index contributed by atoms with van der Waals surface area (Å²) in [6.45, 7) is 0.449. The topological polar surface area (TPSA) is 55.0 Å². The summed E-state index contributed by atoms with van der Waals surface area (Å²) in [4.78, 5) is 2.06. The van der Waals surface area contributed by atoms with E-state index in [1.807, 2.05) is 26.2 Å². The summed E-state index contributed by atoms with van der Waals surface area (Å²) in [6, 6.07) is 8.22. The molecule has 2 rings (SSSR count). The van der Waals surface area contributed by atoms with Crippen LogP contribution in [0, 0.1) is 0 Å². The van der Waals surface area contributed by atoms with Crippen LogP contribution in [0.25, 0.3) is 10.6 Å². The Morgan fingerprint density at radius 1 is 1.31 bits per heavy atom. The minimum absolute atomic E-state index is 0.449. The van der Waals surface area contributed by atoms with Gasteiger partial charge in [0.05, 0.1) is 0 Å². The second kappa shape index (κ2) is 4.59. The molecule has 0 fully saturated rings. The summed E-state index contributed by atoms with van der Waals surface area (Å²) in [5.41, 5.74) is 7.76. The van der Waals surface area contributed by atoms with Gasteiger partial charge >= 0.3 is 0 Å². The molecular weight excluding hydrogens is 220 g/mol. The van der Waals surface area contributed by atoms with Crippen LogP contribution in [0.4, 0.5) is 5.69 Å². The molecule has 1 heterocycles. The first-order chi connectivity index (χ1) is 7.70. The highest BCUT2D eigenvalue weighted by Gasteiger charge is 2.06. The van der Waals surface area contributed by atoms with Gasteiger partial charge in [-0.05, 0) is 12.1 Å². The van der Waals surface area contributed by atoms with Crippen LogP contribution in [0.3, 0.4) is 0 Å². The Bertz CT molecular complexity index is 478. The van der Waals surface area contributed by atoms with E-state index in [1.54, 1.807) is 11.3 Å². The maximum atomic E-state index is 5.52. The van der Waals surface area contributed by atoms with Gasteiger partial charge in [-0.2, -0.15) is 0 Å². The number of hydrogen-bond acceptors (Lipinski definition) is 5. The van der Waals surface area contributed by atoms with Gasteiger partial charge in [-0.25, -0.2) is 0 Å². The molecule has 0 aliphatic rings. The van der Waals surface area contributed by atoms with Crippen molar-refractivity contribution in [1.29, 1.82) is 0 Å². The van der Waals surface area contributed by atoms with Crippen molar-refractivity contribution in [3.05, 3.63) is 29.3 Å². The van der Waals surface area contributed by atoms with Gasteiger partial charge in [0.15, 0.2) is 0 Å². The molecule has 2 aromatic rings. The maximum absolute atomic E-state index is 5.52. The van der Waals surface area contributed by atoms with Crippen LogP contribution in [0.2, 0.25) is 0 Å². The maximum Gasteiger partial charge on any atom is 0.147 e. The van der Waals surface area contributed by atoms with E-state index in [0.717, 1.165) is 21.3 Å². The van der Waals surface area contributed by atoms with Gasteiger partial charge in [-0.3, -0.25) is 0 Å². The monoisotopic (exact) mass is 234 g/mol. The Balaban J connectivity index is 2.36. The summed E-state index contributed by atoms with van der Waals surface area (Å²) in [5, 5.41) is 9.93.